The largest absolute Gasteiger partial charge is 0.391 e. The topological polar surface area (TPSA) is 54.9 Å². The van der Waals surface area contributed by atoms with Crippen LogP contribution < -0.4 is 5.32 Å². The highest BCUT2D eigenvalue weighted by Crippen LogP contribution is 2.30. The number of fused-ring (bicyclic) bond motifs is 1. The number of hydrogen-bond donors (Lipinski definition) is 1. The van der Waals surface area contributed by atoms with E-state index in [0.717, 1.165) is 11.6 Å². The predicted molar refractivity (Wildman–Crippen MR) is 101 cm³/mol. The molecule has 1 unspecified atom stereocenters. The first-order valence-corrected chi connectivity index (χ1v) is 8.91. The van der Waals surface area contributed by atoms with Gasteiger partial charge in [-0.2, -0.15) is 17.6 Å². The molecule has 3 aromatic rings. The van der Waals surface area contributed by atoms with Crippen molar-refractivity contribution in [1.82, 2.24) is 15.3 Å². The molecule has 0 fully saturated rings. The van der Waals surface area contributed by atoms with Gasteiger partial charge in [-0.3, -0.25) is 9.78 Å². The molecule has 152 valence electrons. The van der Waals surface area contributed by atoms with Crippen LogP contribution in [0.1, 0.15) is 35.0 Å². The Morgan fingerprint density at radius 1 is 1.14 bits per heavy atom. The number of rotatable bonds is 5. The van der Waals surface area contributed by atoms with Gasteiger partial charge in [0.25, 0.3) is 5.91 Å². The maximum atomic E-state index is 13.4. The zero-order valence-electron chi connectivity index (χ0n) is 15.8. The van der Waals surface area contributed by atoms with Gasteiger partial charge >= 0.3 is 6.18 Å². The summed E-state index contributed by atoms with van der Waals surface area (Å²) in [5.41, 5.74) is 0.185. The van der Waals surface area contributed by atoms with Crippen LogP contribution in [0.3, 0.4) is 0 Å². The number of pyridine rings is 2. The van der Waals surface area contributed by atoms with Crippen molar-refractivity contribution in [3.8, 4) is 0 Å². The van der Waals surface area contributed by atoms with Gasteiger partial charge in [0.15, 0.2) is 0 Å². The SMILES string of the molecule is Cc1cccc2cc(C(=O)NC(C)(Cc3cccc(F)n3)CC(F)(F)F)cnc12. The molecular weight excluding hydrogens is 386 g/mol. The highest BCUT2D eigenvalue weighted by Gasteiger charge is 2.41. The van der Waals surface area contributed by atoms with E-state index in [1.807, 2.05) is 19.1 Å². The molecule has 0 saturated carbocycles. The summed E-state index contributed by atoms with van der Waals surface area (Å²) in [6.07, 6.45) is -4.77. The minimum Gasteiger partial charge on any atom is -0.346 e. The zero-order valence-corrected chi connectivity index (χ0v) is 15.8. The molecule has 1 N–H and O–H groups in total. The fourth-order valence-electron chi connectivity index (χ4n) is 3.33. The van der Waals surface area contributed by atoms with Gasteiger partial charge in [0, 0.05) is 23.7 Å². The van der Waals surface area contributed by atoms with Crippen LogP contribution in [0.4, 0.5) is 17.6 Å². The first-order chi connectivity index (χ1) is 13.5. The molecule has 8 heteroatoms. The van der Waals surface area contributed by atoms with E-state index in [2.05, 4.69) is 15.3 Å². The molecular formula is C21H19F4N3O. The lowest BCUT2D eigenvalue weighted by Gasteiger charge is -2.31. The summed E-state index contributed by atoms with van der Waals surface area (Å²) in [5, 5.41) is 3.16. The van der Waals surface area contributed by atoms with E-state index in [0.29, 0.717) is 10.9 Å². The number of carbonyl (C=O) groups is 1. The number of para-hydroxylation sites is 1. The summed E-state index contributed by atoms with van der Waals surface area (Å²) >= 11 is 0. The molecule has 0 radical (unpaired) electrons. The first kappa shape index (κ1) is 20.7. The van der Waals surface area contributed by atoms with Crippen molar-refractivity contribution < 1.29 is 22.4 Å². The summed E-state index contributed by atoms with van der Waals surface area (Å²) in [6, 6.07) is 10.9. The second-order valence-corrected chi connectivity index (χ2v) is 7.31. The number of nitrogens with zero attached hydrogens (tertiary/aromatic N) is 2. The van der Waals surface area contributed by atoms with Gasteiger partial charge in [0.1, 0.15) is 0 Å². The monoisotopic (exact) mass is 405 g/mol. The molecule has 0 aliphatic heterocycles. The van der Waals surface area contributed by atoms with E-state index < -0.39 is 30.0 Å². The van der Waals surface area contributed by atoms with Crippen LogP contribution in [0.25, 0.3) is 10.9 Å². The third-order valence-corrected chi connectivity index (χ3v) is 4.52. The van der Waals surface area contributed by atoms with Crippen molar-refractivity contribution >= 4 is 16.8 Å². The molecule has 0 saturated heterocycles. The second kappa shape index (κ2) is 7.77. The number of hydrogen-bond acceptors (Lipinski definition) is 3. The molecule has 0 spiro atoms. The Hall–Kier alpha value is -3.03. The van der Waals surface area contributed by atoms with Gasteiger partial charge in [0.2, 0.25) is 5.95 Å². The van der Waals surface area contributed by atoms with Crippen molar-refractivity contribution in [3.05, 3.63) is 71.4 Å². The van der Waals surface area contributed by atoms with E-state index in [1.165, 1.54) is 25.3 Å². The van der Waals surface area contributed by atoms with E-state index in [-0.39, 0.29) is 17.7 Å². The maximum Gasteiger partial charge on any atom is 0.391 e. The number of alkyl halides is 3. The van der Waals surface area contributed by atoms with Crippen LogP contribution in [-0.4, -0.2) is 27.6 Å². The van der Waals surface area contributed by atoms with E-state index >= 15 is 0 Å². The number of benzene rings is 1. The fourth-order valence-corrected chi connectivity index (χ4v) is 3.33. The van der Waals surface area contributed by atoms with Crippen LogP contribution in [0.15, 0.2) is 48.7 Å². The molecule has 2 aromatic heterocycles. The number of aryl methyl sites for hydroxylation is 1. The van der Waals surface area contributed by atoms with E-state index in [9.17, 15) is 22.4 Å². The molecule has 1 atom stereocenters. The van der Waals surface area contributed by atoms with Gasteiger partial charge in [-0.15, -0.1) is 0 Å². The molecule has 2 heterocycles. The summed E-state index contributed by atoms with van der Waals surface area (Å²) < 4.78 is 52.9. The van der Waals surface area contributed by atoms with Crippen LogP contribution in [0, 0.1) is 12.9 Å². The Kier molecular flexibility index (Phi) is 5.55. The quantitative estimate of drug-likeness (QED) is 0.492. The standard InChI is InChI=1S/C21H19F4N3O/c1-13-5-3-6-14-9-15(11-26-18(13)14)19(29)28-20(2,12-21(23,24)25)10-16-7-4-8-17(22)27-16/h3-9,11H,10,12H2,1-2H3,(H,28,29). The lowest BCUT2D eigenvalue weighted by atomic mass is 9.90. The molecule has 0 aliphatic carbocycles. The van der Waals surface area contributed by atoms with Crippen molar-refractivity contribution in [3.63, 3.8) is 0 Å². The average Bonchev–Trinajstić information content (AvgIpc) is 2.59. The normalized spacial score (nSPS) is 13.9. The van der Waals surface area contributed by atoms with Crippen LogP contribution in [0.2, 0.25) is 0 Å². The van der Waals surface area contributed by atoms with Crippen LogP contribution in [-0.2, 0) is 6.42 Å². The van der Waals surface area contributed by atoms with Crippen molar-refractivity contribution in [2.75, 3.05) is 0 Å². The van der Waals surface area contributed by atoms with Crippen molar-refractivity contribution in [2.24, 2.45) is 0 Å². The molecule has 1 amide bonds. The average molecular weight is 405 g/mol. The lowest BCUT2D eigenvalue weighted by Crippen LogP contribution is -2.50. The van der Waals surface area contributed by atoms with Crippen molar-refractivity contribution in [1.29, 1.82) is 0 Å². The second-order valence-electron chi connectivity index (χ2n) is 7.31. The Balaban J connectivity index is 1.89. The third-order valence-electron chi connectivity index (χ3n) is 4.52. The molecule has 1 aromatic carbocycles. The Morgan fingerprint density at radius 3 is 2.55 bits per heavy atom. The zero-order chi connectivity index (χ0) is 21.2. The third kappa shape index (κ3) is 5.28. The summed E-state index contributed by atoms with van der Waals surface area (Å²) in [4.78, 5) is 20.6. The Labute approximate surface area is 165 Å². The maximum absolute atomic E-state index is 13.4. The van der Waals surface area contributed by atoms with Gasteiger partial charge in [0.05, 0.1) is 23.0 Å². The summed E-state index contributed by atoms with van der Waals surface area (Å²) in [5.74, 6) is -1.48. The Morgan fingerprint density at radius 2 is 1.86 bits per heavy atom. The smallest absolute Gasteiger partial charge is 0.346 e. The number of halogens is 4. The molecule has 4 nitrogen and oxygen atoms in total. The van der Waals surface area contributed by atoms with E-state index in [4.69, 9.17) is 0 Å². The highest BCUT2D eigenvalue weighted by molar-refractivity contribution is 5.98. The molecule has 3 rings (SSSR count). The highest BCUT2D eigenvalue weighted by atomic mass is 19.4. The number of nitrogens with one attached hydrogen (secondary N) is 1. The Bertz CT molecular complexity index is 1050. The first-order valence-electron chi connectivity index (χ1n) is 8.91. The minimum atomic E-state index is -4.53. The van der Waals surface area contributed by atoms with Crippen LogP contribution in [0.5, 0.6) is 0 Å². The minimum absolute atomic E-state index is 0.115. The molecule has 0 bridgehead atoms. The van der Waals surface area contributed by atoms with Gasteiger partial charge < -0.3 is 5.32 Å². The molecule has 29 heavy (non-hydrogen) atoms. The van der Waals surface area contributed by atoms with Gasteiger partial charge in [-0.1, -0.05) is 24.3 Å². The number of carbonyl (C=O) groups excluding carboxylic acids is 1. The fraction of sp³-hybridized carbons (Fsp3) is 0.286. The summed E-state index contributed by atoms with van der Waals surface area (Å²) in [7, 11) is 0. The van der Waals surface area contributed by atoms with Crippen molar-refractivity contribution in [2.45, 2.75) is 38.4 Å². The lowest BCUT2D eigenvalue weighted by molar-refractivity contribution is -0.147. The summed E-state index contributed by atoms with van der Waals surface area (Å²) in [6.45, 7) is 3.14. The van der Waals surface area contributed by atoms with E-state index in [1.54, 1.807) is 12.1 Å². The number of aromatic nitrogens is 2. The molecule has 0 aliphatic rings. The van der Waals surface area contributed by atoms with Gasteiger partial charge in [-0.25, -0.2) is 4.98 Å². The predicted octanol–water partition coefficient (Wildman–Crippen LogP) is 4.76. The van der Waals surface area contributed by atoms with Crippen LogP contribution >= 0.6 is 0 Å². The van der Waals surface area contributed by atoms with Gasteiger partial charge in [-0.05, 0) is 37.6 Å². The number of amides is 1.